The van der Waals surface area contributed by atoms with E-state index in [-0.39, 0.29) is 13.2 Å². The molecule has 0 aromatic heterocycles. The molecule has 0 amide bonds. The molecule has 1 unspecified atom stereocenters. The Morgan fingerprint density at radius 2 is 1.75 bits per heavy atom. The Morgan fingerprint density at radius 3 is 2.10 bits per heavy atom. The highest BCUT2D eigenvalue weighted by atomic mass is 16.6. The zero-order chi connectivity index (χ0) is 15.2. The van der Waals surface area contributed by atoms with Crippen molar-refractivity contribution in [3.63, 3.8) is 0 Å². The number of hydrogen-bond acceptors (Lipinski definition) is 7. The summed E-state index contributed by atoms with van der Waals surface area (Å²) in [7, 11) is 0. The van der Waals surface area contributed by atoms with Crippen LogP contribution in [0.25, 0.3) is 0 Å². The zero-order valence-electron chi connectivity index (χ0n) is 11.4. The molecule has 1 aliphatic rings. The van der Waals surface area contributed by atoms with Gasteiger partial charge in [-0.15, -0.1) is 0 Å². The number of aliphatic hydroxyl groups is 1. The average molecular weight is 283 g/mol. The number of carbonyl (C=O) groups excluding carboxylic acids is 3. The number of ether oxygens (including phenoxy) is 2. The van der Waals surface area contributed by atoms with Crippen LogP contribution < -0.4 is 0 Å². The lowest BCUT2D eigenvalue weighted by Gasteiger charge is -2.28. The molecular weight excluding hydrogens is 266 g/mol. The minimum Gasteiger partial charge on any atom is -0.465 e. The first-order valence-corrected chi connectivity index (χ1v) is 6.24. The van der Waals surface area contributed by atoms with Gasteiger partial charge in [-0.25, -0.2) is 0 Å². The summed E-state index contributed by atoms with van der Waals surface area (Å²) < 4.78 is 9.64. The van der Waals surface area contributed by atoms with Gasteiger partial charge < -0.3 is 14.6 Å². The first kappa shape index (κ1) is 16.0. The van der Waals surface area contributed by atoms with Crippen LogP contribution in [0.15, 0.2) is 17.1 Å². The van der Waals surface area contributed by atoms with Crippen LogP contribution in [0.3, 0.4) is 0 Å². The molecule has 1 heterocycles. The Kier molecular flexibility index (Phi) is 5.57. The highest BCUT2D eigenvalue weighted by Gasteiger charge is 2.53. The lowest BCUT2D eigenvalue weighted by atomic mass is 9.81. The maximum absolute atomic E-state index is 12.0. The van der Waals surface area contributed by atoms with E-state index in [1.807, 2.05) is 0 Å². The van der Waals surface area contributed by atoms with E-state index >= 15 is 0 Å². The van der Waals surface area contributed by atoms with E-state index in [4.69, 9.17) is 14.6 Å². The van der Waals surface area contributed by atoms with Crippen LogP contribution in [0.1, 0.15) is 13.8 Å². The zero-order valence-corrected chi connectivity index (χ0v) is 11.4. The standard InChI is InChI=1S/C13H17NO6/c1-3-19-11(17)10(12(18)20-4-2)13(9(16)8-15)6-5-7-14-13/h5-7,10,15H,3-4,8H2,1-2H3. The van der Waals surface area contributed by atoms with Crippen LogP contribution in [-0.4, -0.2) is 54.4 Å². The second-order valence-corrected chi connectivity index (χ2v) is 3.98. The molecule has 20 heavy (non-hydrogen) atoms. The molecule has 1 atom stereocenters. The third-order valence-corrected chi connectivity index (χ3v) is 2.80. The number of ketones is 1. The van der Waals surface area contributed by atoms with E-state index in [1.54, 1.807) is 13.8 Å². The van der Waals surface area contributed by atoms with Crippen molar-refractivity contribution in [1.82, 2.24) is 0 Å². The third-order valence-electron chi connectivity index (χ3n) is 2.80. The van der Waals surface area contributed by atoms with Gasteiger partial charge in [0.2, 0.25) is 0 Å². The largest absolute Gasteiger partial charge is 0.465 e. The average Bonchev–Trinajstić information content (AvgIpc) is 2.89. The molecule has 1 aliphatic heterocycles. The first-order valence-electron chi connectivity index (χ1n) is 6.24. The number of aliphatic hydroxyl groups excluding tert-OH is 1. The van der Waals surface area contributed by atoms with E-state index in [2.05, 4.69) is 4.99 Å². The molecule has 0 aliphatic carbocycles. The molecule has 0 aromatic rings. The maximum Gasteiger partial charge on any atom is 0.323 e. The van der Waals surface area contributed by atoms with E-state index in [0.29, 0.717) is 0 Å². The quantitative estimate of drug-likeness (QED) is 0.507. The van der Waals surface area contributed by atoms with Crippen molar-refractivity contribution in [2.75, 3.05) is 19.8 Å². The lowest BCUT2D eigenvalue weighted by molar-refractivity contribution is -0.166. The number of hydrogen-bond donors (Lipinski definition) is 1. The van der Waals surface area contributed by atoms with Crippen molar-refractivity contribution in [2.24, 2.45) is 10.9 Å². The van der Waals surface area contributed by atoms with Crippen molar-refractivity contribution in [3.8, 4) is 0 Å². The van der Waals surface area contributed by atoms with E-state index < -0.39 is 35.8 Å². The summed E-state index contributed by atoms with van der Waals surface area (Å²) in [6, 6.07) is 0. The van der Waals surface area contributed by atoms with Gasteiger partial charge in [-0.3, -0.25) is 19.4 Å². The maximum atomic E-state index is 12.0. The molecule has 0 aromatic carbocycles. The van der Waals surface area contributed by atoms with Crippen molar-refractivity contribution < 1.29 is 29.0 Å². The van der Waals surface area contributed by atoms with Crippen molar-refractivity contribution in [1.29, 1.82) is 0 Å². The topological polar surface area (TPSA) is 102 Å². The van der Waals surface area contributed by atoms with Gasteiger partial charge >= 0.3 is 11.9 Å². The smallest absolute Gasteiger partial charge is 0.323 e. The monoisotopic (exact) mass is 283 g/mol. The van der Waals surface area contributed by atoms with Crippen LogP contribution >= 0.6 is 0 Å². The Labute approximate surface area is 116 Å². The fourth-order valence-electron chi connectivity index (χ4n) is 1.93. The molecule has 110 valence electrons. The Morgan fingerprint density at radius 1 is 1.20 bits per heavy atom. The highest BCUT2D eigenvalue weighted by molar-refractivity contribution is 6.08. The van der Waals surface area contributed by atoms with Crippen LogP contribution in [0.2, 0.25) is 0 Å². The molecule has 0 radical (unpaired) electrons. The number of aliphatic imine (C=N–C) groups is 1. The summed E-state index contributed by atoms with van der Waals surface area (Å²) in [5.41, 5.74) is -1.78. The number of Topliss-reactive ketones (excluding diaryl/α,β-unsaturated/α-hetero) is 1. The fraction of sp³-hybridized carbons (Fsp3) is 0.538. The summed E-state index contributed by atoms with van der Waals surface area (Å²) in [6.45, 7) is 2.40. The summed E-state index contributed by atoms with van der Waals surface area (Å²) in [5.74, 6) is -4.14. The van der Waals surface area contributed by atoms with Gasteiger partial charge in [-0.2, -0.15) is 0 Å². The van der Waals surface area contributed by atoms with Crippen LogP contribution in [0.5, 0.6) is 0 Å². The first-order chi connectivity index (χ1) is 9.53. The SMILES string of the molecule is CCOC(=O)C(C(=O)OCC)C1(C(=O)CO)C=CC=N1. The van der Waals surface area contributed by atoms with Crippen molar-refractivity contribution in [2.45, 2.75) is 19.4 Å². The van der Waals surface area contributed by atoms with Gasteiger partial charge in [-0.05, 0) is 26.0 Å². The lowest BCUT2D eigenvalue weighted by Crippen LogP contribution is -2.51. The predicted molar refractivity (Wildman–Crippen MR) is 69.2 cm³/mol. The second-order valence-electron chi connectivity index (χ2n) is 3.98. The molecule has 1 rings (SSSR count). The fourth-order valence-corrected chi connectivity index (χ4v) is 1.93. The Balaban J connectivity index is 3.22. The van der Waals surface area contributed by atoms with Gasteiger partial charge in [0.25, 0.3) is 0 Å². The Hall–Kier alpha value is -2.02. The summed E-state index contributed by atoms with van der Waals surface area (Å²) in [5, 5.41) is 9.07. The number of allylic oxidation sites excluding steroid dienone is 1. The molecule has 1 N–H and O–H groups in total. The van der Waals surface area contributed by atoms with E-state index in [9.17, 15) is 14.4 Å². The molecule has 0 saturated heterocycles. The third kappa shape index (κ3) is 2.93. The highest BCUT2D eigenvalue weighted by Crippen LogP contribution is 2.30. The van der Waals surface area contributed by atoms with E-state index in [1.165, 1.54) is 18.4 Å². The van der Waals surface area contributed by atoms with Crippen LogP contribution in [0.4, 0.5) is 0 Å². The minimum atomic E-state index is -1.78. The van der Waals surface area contributed by atoms with Crippen molar-refractivity contribution in [3.05, 3.63) is 12.2 Å². The number of carbonyl (C=O) groups is 3. The van der Waals surface area contributed by atoms with Gasteiger partial charge in [0.05, 0.1) is 13.2 Å². The van der Waals surface area contributed by atoms with Gasteiger partial charge in [0.15, 0.2) is 17.2 Å². The molecule has 0 spiro atoms. The molecule has 7 heteroatoms. The van der Waals surface area contributed by atoms with Crippen LogP contribution in [-0.2, 0) is 23.9 Å². The molecular formula is C13H17NO6. The molecule has 0 bridgehead atoms. The number of rotatable bonds is 7. The second kappa shape index (κ2) is 6.95. The number of nitrogens with zero attached hydrogens (tertiary/aromatic N) is 1. The molecule has 0 fully saturated rings. The molecule has 7 nitrogen and oxygen atoms in total. The van der Waals surface area contributed by atoms with Crippen LogP contribution in [0, 0.1) is 5.92 Å². The molecule has 0 saturated carbocycles. The Bertz CT molecular complexity index is 424. The summed E-state index contributed by atoms with van der Waals surface area (Å²) >= 11 is 0. The minimum absolute atomic E-state index is 0.0472. The van der Waals surface area contributed by atoms with Gasteiger partial charge in [0, 0.05) is 6.21 Å². The summed E-state index contributed by atoms with van der Waals surface area (Å²) in [4.78, 5) is 39.9. The number of esters is 2. The van der Waals surface area contributed by atoms with Gasteiger partial charge in [0.1, 0.15) is 6.61 Å². The van der Waals surface area contributed by atoms with Gasteiger partial charge in [-0.1, -0.05) is 0 Å². The van der Waals surface area contributed by atoms with E-state index in [0.717, 1.165) is 0 Å². The normalized spacial score (nSPS) is 20.2. The summed E-state index contributed by atoms with van der Waals surface area (Å²) in [6.07, 6.45) is 4.02. The predicted octanol–water partition coefficient (Wildman–Crippen LogP) is -0.330. The van der Waals surface area contributed by atoms with Crippen molar-refractivity contribution >= 4 is 23.9 Å².